The van der Waals surface area contributed by atoms with Crippen molar-refractivity contribution in [2.24, 2.45) is 0 Å². The van der Waals surface area contributed by atoms with E-state index in [1.54, 1.807) is 7.05 Å². The van der Waals surface area contributed by atoms with Crippen molar-refractivity contribution >= 4 is 11.9 Å². The zero-order valence-corrected chi connectivity index (χ0v) is 12.3. The number of rotatable bonds is 6. The number of hydrogen-bond acceptors (Lipinski definition) is 7. The first-order valence-electron chi connectivity index (χ1n) is 7.13. The summed E-state index contributed by atoms with van der Waals surface area (Å²) in [7, 11) is 1.77. The van der Waals surface area contributed by atoms with Crippen LogP contribution in [0.4, 0.5) is 11.9 Å². The summed E-state index contributed by atoms with van der Waals surface area (Å²) in [5.74, 6) is 0.997. The van der Waals surface area contributed by atoms with Crippen LogP contribution in [0.1, 0.15) is 33.1 Å². The summed E-state index contributed by atoms with van der Waals surface area (Å²) in [6.45, 7) is 5.42. The van der Waals surface area contributed by atoms with Gasteiger partial charge in [-0.25, -0.2) is 0 Å². The smallest absolute Gasteiger partial charge is 0.323 e. The third kappa shape index (κ3) is 4.48. The highest BCUT2D eigenvalue weighted by atomic mass is 16.5. The molecule has 2 N–H and O–H groups in total. The minimum atomic E-state index is 0.0247. The number of nitrogens with one attached hydrogen (secondary N) is 2. The van der Waals surface area contributed by atoms with Gasteiger partial charge in [0.05, 0.1) is 12.2 Å². The van der Waals surface area contributed by atoms with Gasteiger partial charge >= 0.3 is 6.01 Å². The van der Waals surface area contributed by atoms with Gasteiger partial charge in [0.25, 0.3) is 0 Å². The normalized spacial score (nSPS) is 18.9. The van der Waals surface area contributed by atoms with Crippen LogP contribution in [0.3, 0.4) is 0 Å². The standard InChI is InChI=1S/C13H23N5O2/c1-9(2)20-13-17-11(14-3)16-12(18-13)15-8-10-6-4-5-7-19-10/h9-10H,4-8H2,1-3H3,(H2,14,15,16,17,18). The topological polar surface area (TPSA) is 81.2 Å². The number of ether oxygens (including phenoxy) is 2. The Labute approximate surface area is 119 Å². The molecule has 0 saturated carbocycles. The Bertz CT molecular complexity index is 421. The maximum Gasteiger partial charge on any atom is 0.323 e. The highest BCUT2D eigenvalue weighted by Crippen LogP contribution is 2.15. The predicted molar refractivity (Wildman–Crippen MR) is 77.2 cm³/mol. The molecule has 1 aromatic rings. The Morgan fingerprint density at radius 3 is 2.70 bits per heavy atom. The van der Waals surface area contributed by atoms with Crippen LogP contribution in [-0.2, 0) is 4.74 Å². The minimum Gasteiger partial charge on any atom is -0.461 e. The van der Waals surface area contributed by atoms with E-state index in [2.05, 4.69) is 25.6 Å². The third-order valence-electron chi connectivity index (χ3n) is 2.94. The van der Waals surface area contributed by atoms with Crippen LogP contribution >= 0.6 is 0 Å². The molecular weight excluding hydrogens is 258 g/mol. The molecule has 1 fully saturated rings. The quantitative estimate of drug-likeness (QED) is 0.821. The van der Waals surface area contributed by atoms with Crippen molar-refractivity contribution in [1.82, 2.24) is 15.0 Å². The van der Waals surface area contributed by atoms with E-state index in [-0.39, 0.29) is 12.2 Å². The van der Waals surface area contributed by atoms with Gasteiger partial charge in [0.15, 0.2) is 0 Å². The van der Waals surface area contributed by atoms with Crippen molar-refractivity contribution in [3.63, 3.8) is 0 Å². The molecular formula is C13H23N5O2. The molecule has 20 heavy (non-hydrogen) atoms. The first-order valence-corrected chi connectivity index (χ1v) is 7.13. The molecule has 1 unspecified atom stereocenters. The van der Waals surface area contributed by atoms with Crippen molar-refractivity contribution in [3.05, 3.63) is 0 Å². The Balaban J connectivity index is 1.98. The van der Waals surface area contributed by atoms with Crippen LogP contribution in [0.2, 0.25) is 0 Å². The zero-order valence-electron chi connectivity index (χ0n) is 12.3. The van der Waals surface area contributed by atoms with E-state index >= 15 is 0 Å². The van der Waals surface area contributed by atoms with E-state index in [0.717, 1.165) is 19.4 Å². The van der Waals surface area contributed by atoms with Crippen LogP contribution in [0.25, 0.3) is 0 Å². The van der Waals surface area contributed by atoms with E-state index in [1.807, 2.05) is 13.8 Å². The maximum absolute atomic E-state index is 5.67. The Morgan fingerprint density at radius 2 is 2.05 bits per heavy atom. The number of aromatic nitrogens is 3. The van der Waals surface area contributed by atoms with Crippen LogP contribution in [0.15, 0.2) is 0 Å². The monoisotopic (exact) mass is 281 g/mol. The van der Waals surface area contributed by atoms with Gasteiger partial charge in [-0.05, 0) is 33.1 Å². The highest BCUT2D eigenvalue weighted by Gasteiger charge is 2.15. The third-order valence-corrected chi connectivity index (χ3v) is 2.94. The first-order chi connectivity index (χ1) is 9.67. The van der Waals surface area contributed by atoms with E-state index in [4.69, 9.17) is 9.47 Å². The molecule has 2 rings (SSSR count). The molecule has 0 spiro atoms. The maximum atomic E-state index is 5.67. The SMILES string of the molecule is CNc1nc(NCC2CCCCO2)nc(OC(C)C)n1. The fraction of sp³-hybridized carbons (Fsp3) is 0.769. The lowest BCUT2D eigenvalue weighted by atomic mass is 10.1. The average molecular weight is 281 g/mol. The zero-order chi connectivity index (χ0) is 14.4. The predicted octanol–water partition coefficient (Wildman–Crippen LogP) is 1.68. The first kappa shape index (κ1) is 14.8. The van der Waals surface area contributed by atoms with Crippen molar-refractivity contribution in [3.8, 4) is 6.01 Å². The van der Waals surface area contributed by atoms with Gasteiger partial charge < -0.3 is 20.1 Å². The van der Waals surface area contributed by atoms with Crippen LogP contribution in [0, 0.1) is 0 Å². The highest BCUT2D eigenvalue weighted by molar-refractivity contribution is 5.35. The fourth-order valence-corrected chi connectivity index (χ4v) is 1.98. The number of hydrogen-bond donors (Lipinski definition) is 2. The van der Waals surface area contributed by atoms with Crippen LogP contribution in [-0.4, -0.2) is 47.4 Å². The largest absolute Gasteiger partial charge is 0.461 e. The molecule has 0 amide bonds. The van der Waals surface area contributed by atoms with Gasteiger partial charge in [-0.15, -0.1) is 0 Å². The van der Waals surface area contributed by atoms with E-state index in [9.17, 15) is 0 Å². The molecule has 1 saturated heterocycles. The van der Waals surface area contributed by atoms with Crippen molar-refractivity contribution in [1.29, 1.82) is 0 Å². The van der Waals surface area contributed by atoms with Gasteiger partial charge in [0.2, 0.25) is 11.9 Å². The Hall–Kier alpha value is -1.63. The van der Waals surface area contributed by atoms with Crippen molar-refractivity contribution < 1.29 is 9.47 Å². The van der Waals surface area contributed by atoms with E-state index < -0.39 is 0 Å². The molecule has 7 nitrogen and oxygen atoms in total. The number of nitrogens with zero attached hydrogens (tertiary/aromatic N) is 3. The number of anilines is 2. The fourth-order valence-electron chi connectivity index (χ4n) is 1.98. The molecule has 1 aliphatic rings. The van der Waals surface area contributed by atoms with Gasteiger partial charge in [-0.3, -0.25) is 0 Å². The molecule has 7 heteroatoms. The Morgan fingerprint density at radius 1 is 1.25 bits per heavy atom. The molecule has 0 bridgehead atoms. The summed E-state index contributed by atoms with van der Waals surface area (Å²) in [6, 6.07) is 0.325. The summed E-state index contributed by atoms with van der Waals surface area (Å²) < 4.78 is 11.2. The second-order valence-electron chi connectivity index (χ2n) is 5.05. The van der Waals surface area contributed by atoms with Crippen molar-refractivity contribution in [2.45, 2.75) is 45.3 Å². The minimum absolute atomic E-state index is 0.0247. The molecule has 1 atom stereocenters. The average Bonchev–Trinajstić information content (AvgIpc) is 2.45. The van der Waals surface area contributed by atoms with Crippen LogP contribution < -0.4 is 15.4 Å². The summed E-state index contributed by atoms with van der Waals surface area (Å²) in [6.07, 6.45) is 3.70. The second-order valence-corrected chi connectivity index (χ2v) is 5.05. The van der Waals surface area contributed by atoms with E-state index in [1.165, 1.54) is 6.42 Å². The molecule has 0 radical (unpaired) electrons. The van der Waals surface area contributed by atoms with Crippen LogP contribution in [0.5, 0.6) is 6.01 Å². The second kappa shape index (κ2) is 7.23. The lowest BCUT2D eigenvalue weighted by Gasteiger charge is -2.22. The Kier molecular flexibility index (Phi) is 5.34. The lowest BCUT2D eigenvalue weighted by molar-refractivity contribution is 0.0246. The van der Waals surface area contributed by atoms with Gasteiger partial charge in [-0.1, -0.05) is 0 Å². The van der Waals surface area contributed by atoms with Gasteiger partial charge in [-0.2, -0.15) is 15.0 Å². The molecule has 1 aliphatic heterocycles. The molecule has 0 aliphatic carbocycles. The lowest BCUT2D eigenvalue weighted by Crippen LogP contribution is -2.27. The molecule has 1 aromatic heterocycles. The van der Waals surface area contributed by atoms with Crippen molar-refractivity contribution in [2.75, 3.05) is 30.8 Å². The summed E-state index contributed by atoms with van der Waals surface area (Å²) in [4.78, 5) is 12.7. The summed E-state index contributed by atoms with van der Waals surface area (Å²) >= 11 is 0. The summed E-state index contributed by atoms with van der Waals surface area (Å²) in [5, 5.41) is 6.10. The molecule has 112 valence electrons. The van der Waals surface area contributed by atoms with E-state index in [0.29, 0.717) is 24.5 Å². The van der Waals surface area contributed by atoms with Gasteiger partial charge in [0, 0.05) is 20.2 Å². The summed E-state index contributed by atoms with van der Waals surface area (Å²) in [5.41, 5.74) is 0. The molecule has 0 aromatic carbocycles. The molecule has 2 heterocycles. The van der Waals surface area contributed by atoms with Gasteiger partial charge in [0.1, 0.15) is 0 Å².